The summed E-state index contributed by atoms with van der Waals surface area (Å²) >= 11 is 0. The van der Waals surface area contributed by atoms with Crippen molar-refractivity contribution in [1.29, 1.82) is 0 Å². The maximum Gasteiger partial charge on any atom is 0.253 e. The molecule has 0 bridgehead atoms. The first-order chi connectivity index (χ1) is 16.3. The summed E-state index contributed by atoms with van der Waals surface area (Å²) in [7, 11) is -2.26. The minimum absolute atomic E-state index is 0.0183. The Morgan fingerprint density at radius 2 is 1.85 bits per heavy atom. The van der Waals surface area contributed by atoms with Gasteiger partial charge in [0.1, 0.15) is 5.75 Å². The third-order valence-corrected chi connectivity index (χ3v) is 7.27. The Balaban J connectivity index is 1.42. The highest BCUT2D eigenvalue weighted by molar-refractivity contribution is 7.89. The lowest BCUT2D eigenvalue weighted by Gasteiger charge is -2.33. The van der Waals surface area contributed by atoms with Crippen molar-refractivity contribution in [3.05, 3.63) is 53.6 Å². The molecule has 0 unspecified atom stereocenters. The largest absolute Gasteiger partial charge is 0.497 e. The van der Waals surface area contributed by atoms with E-state index in [1.54, 1.807) is 13.2 Å². The second-order valence-corrected chi connectivity index (χ2v) is 10.3. The smallest absolute Gasteiger partial charge is 0.253 e. The average Bonchev–Trinajstić information content (AvgIpc) is 2.85. The molecule has 0 spiro atoms. The molecule has 0 saturated carbocycles. The Hall–Kier alpha value is -2.66. The van der Waals surface area contributed by atoms with Crippen LogP contribution < -0.4 is 20.1 Å². The van der Waals surface area contributed by atoms with Gasteiger partial charge in [-0.05, 0) is 48.7 Å². The molecule has 184 valence electrons. The van der Waals surface area contributed by atoms with Gasteiger partial charge in [-0.1, -0.05) is 12.1 Å². The van der Waals surface area contributed by atoms with Gasteiger partial charge >= 0.3 is 0 Å². The van der Waals surface area contributed by atoms with Crippen molar-refractivity contribution < 1.29 is 22.7 Å². The number of ether oxygens (including phenoxy) is 2. The minimum Gasteiger partial charge on any atom is -0.497 e. The van der Waals surface area contributed by atoms with E-state index in [0.29, 0.717) is 37.6 Å². The summed E-state index contributed by atoms with van der Waals surface area (Å²) in [6.45, 7) is 4.93. The molecule has 2 saturated heterocycles. The van der Waals surface area contributed by atoms with E-state index in [4.69, 9.17) is 14.6 Å². The maximum atomic E-state index is 13.3. The van der Waals surface area contributed by atoms with Crippen LogP contribution in [0.1, 0.15) is 28.8 Å². The van der Waals surface area contributed by atoms with Gasteiger partial charge in [0.25, 0.3) is 5.91 Å². The number of morpholine rings is 1. The number of hydrogen-bond donors (Lipinski definition) is 2. The number of anilines is 1. The van der Waals surface area contributed by atoms with Gasteiger partial charge in [0.05, 0.1) is 30.8 Å². The van der Waals surface area contributed by atoms with Gasteiger partial charge in [-0.25, -0.2) is 13.6 Å². The molecule has 0 aliphatic carbocycles. The van der Waals surface area contributed by atoms with Crippen LogP contribution in [-0.4, -0.2) is 71.8 Å². The molecule has 2 fully saturated rings. The number of nitrogens with two attached hydrogens (primary N) is 1. The summed E-state index contributed by atoms with van der Waals surface area (Å²) in [6.07, 6.45) is 1.63. The van der Waals surface area contributed by atoms with Crippen molar-refractivity contribution in [2.24, 2.45) is 5.14 Å². The van der Waals surface area contributed by atoms with Crippen molar-refractivity contribution in [1.82, 2.24) is 10.2 Å². The van der Waals surface area contributed by atoms with Crippen LogP contribution in [0, 0.1) is 0 Å². The Bertz CT molecular complexity index is 1110. The predicted octanol–water partition coefficient (Wildman–Crippen LogP) is 1.57. The molecule has 2 aromatic rings. The van der Waals surface area contributed by atoms with Crippen molar-refractivity contribution in [2.45, 2.75) is 30.3 Å². The first-order valence-corrected chi connectivity index (χ1v) is 13.0. The highest BCUT2D eigenvalue weighted by atomic mass is 32.2. The lowest BCUT2D eigenvalue weighted by molar-refractivity contribution is 0.0907. The monoisotopic (exact) mass is 488 g/mol. The Morgan fingerprint density at radius 1 is 1.12 bits per heavy atom. The fourth-order valence-corrected chi connectivity index (χ4v) is 5.02. The predicted molar refractivity (Wildman–Crippen MR) is 130 cm³/mol. The average molecular weight is 489 g/mol. The number of piperidine rings is 1. The van der Waals surface area contributed by atoms with Crippen LogP contribution in [0.5, 0.6) is 5.75 Å². The molecule has 2 aliphatic rings. The summed E-state index contributed by atoms with van der Waals surface area (Å²) in [4.78, 5) is 17.6. The zero-order chi connectivity index (χ0) is 24.1. The molecule has 4 rings (SSSR count). The normalized spacial score (nSPS) is 18.0. The van der Waals surface area contributed by atoms with E-state index in [9.17, 15) is 13.2 Å². The molecular formula is C24H32N4O5S. The van der Waals surface area contributed by atoms with Crippen LogP contribution in [0.25, 0.3) is 0 Å². The number of carbonyl (C=O) groups excluding carboxylic acids is 1. The molecule has 2 heterocycles. The standard InChI is InChI=1S/C24H32N4O5S/c1-32-20-4-2-3-18(15-20)17-27-9-7-19(8-10-27)26-24(29)22-16-21(34(25,30)31)5-6-23(22)28-11-13-33-14-12-28/h2-6,15-16,19H,7-14,17H2,1H3,(H,26,29)(H2,25,30,31). The number of sulfonamides is 1. The molecule has 2 aliphatic heterocycles. The fraction of sp³-hybridized carbons (Fsp3) is 0.458. The van der Waals surface area contributed by atoms with Gasteiger partial charge in [-0.15, -0.1) is 0 Å². The highest BCUT2D eigenvalue weighted by Gasteiger charge is 2.25. The highest BCUT2D eigenvalue weighted by Crippen LogP contribution is 2.26. The van der Waals surface area contributed by atoms with Crippen LogP contribution in [-0.2, 0) is 21.3 Å². The number of likely N-dealkylation sites (tertiary alicyclic amines) is 1. The third-order valence-electron chi connectivity index (χ3n) is 6.36. The van der Waals surface area contributed by atoms with Gasteiger partial charge in [-0.3, -0.25) is 9.69 Å². The fourth-order valence-electron chi connectivity index (χ4n) is 4.48. The molecule has 0 aromatic heterocycles. The molecule has 0 atom stereocenters. The van der Waals surface area contributed by atoms with Gasteiger partial charge in [0, 0.05) is 44.5 Å². The van der Waals surface area contributed by atoms with Crippen molar-refractivity contribution in [2.75, 3.05) is 51.4 Å². The molecule has 0 radical (unpaired) electrons. The minimum atomic E-state index is -3.92. The second kappa shape index (κ2) is 10.7. The number of nitrogens with zero attached hydrogens (tertiary/aromatic N) is 2. The molecular weight excluding hydrogens is 456 g/mol. The number of methoxy groups -OCH3 is 1. The van der Waals surface area contributed by atoms with Crippen LogP contribution in [0.3, 0.4) is 0 Å². The van der Waals surface area contributed by atoms with Crippen LogP contribution in [0.15, 0.2) is 47.4 Å². The van der Waals surface area contributed by atoms with Crippen LogP contribution >= 0.6 is 0 Å². The molecule has 10 heteroatoms. The van der Waals surface area contributed by atoms with Crippen molar-refractivity contribution in [3.8, 4) is 5.75 Å². The summed E-state index contributed by atoms with van der Waals surface area (Å²) in [5.41, 5.74) is 2.22. The lowest BCUT2D eigenvalue weighted by atomic mass is 10.0. The lowest BCUT2D eigenvalue weighted by Crippen LogP contribution is -2.45. The van der Waals surface area contributed by atoms with Crippen LogP contribution in [0.4, 0.5) is 5.69 Å². The molecule has 34 heavy (non-hydrogen) atoms. The Kier molecular flexibility index (Phi) is 7.72. The van der Waals surface area contributed by atoms with E-state index < -0.39 is 10.0 Å². The van der Waals surface area contributed by atoms with Gasteiger partial charge in [0.15, 0.2) is 0 Å². The summed E-state index contributed by atoms with van der Waals surface area (Å²) in [6, 6.07) is 12.6. The SMILES string of the molecule is COc1cccc(CN2CCC(NC(=O)c3cc(S(N)(=O)=O)ccc3N3CCOCC3)CC2)c1. The number of rotatable bonds is 7. The molecule has 3 N–H and O–H groups in total. The number of nitrogens with one attached hydrogen (secondary N) is 1. The van der Waals surface area contributed by atoms with E-state index in [2.05, 4.69) is 16.3 Å². The number of hydrogen-bond acceptors (Lipinski definition) is 7. The molecule has 9 nitrogen and oxygen atoms in total. The van der Waals surface area contributed by atoms with E-state index in [1.807, 2.05) is 23.1 Å². The van der Waals surface area contributed by atoms with Gasteiger partial charge < -0.3 is 19.7 Å². The summed E-state index contributed by atoms with van der Waals surface area (Å²) in [5, 5.41) is 8.45. The Labute approximate surface area is 200 Å². The second-order valence-electron chi connectivity index (χ2n) is 8.70. The number of primary sulfonamides is 1. The molecule has 2 aromatic carbocycles. The van der Waals surface area contributed by atoms with Crippen LogP contribution in [0.2, 0.25) is 0 Å². The third kappa shape index (κ3) is 6.06. The number of carbonyl (C=O) groups is 1. The number of benzene rings is 2. The van der Waals surface area contributed by atoms with E-state index >= 15 is 0 Å². The molecule has 1 amide bonds. The van der Waals surface area contributed by atoms with Crippen molar-refractivity contribution in [3.63, 3.8) is 0 Å². The van der Waals surface area contributed by atoms with Gasteiger partial charge in [0.2, 0.25) is 10.0 Å². The number of amides is 1. The van der Waals surface area contributed by atoms with Gasteiger partial charge in [-0.2, -0.15) is 0 Å². The zero-order valence-electron chi connectivity index (χ0n) is 19.4. The Morgan fingerprint density at radius 3 is 2.53 bits per heavy atom. The van der Waals surface area contributed by atoms with E-state index in [-0.39, 0.29) is 16.8 Å². The quantitative estimate of drug-likeness (QED) is 0.608. The van der Waals surface area contributed by atoms with Crippen molar-refractivity contribution >= 4 is 21.6 Å². The summed E-state index contributed by atoms with van der Waals surface area (Å²) in [5.74, 6) is 0.565. The summed E-state index contributed by atoms with van der Waals surface area (Å²) < 4.78 is 34.5. The first-order valence-electron chi connectivity index (χ1n) is 11.5. The first kappa shape index (κ1) is 24.5. The zero-order valence-corrected chi connectivity index (χ0v) is 20.2. The van der Waals surface area contributed by atoms with E-state index in [0.717, 1.165) is 38.2 Å². The maximum absolute atomic E-state index is 13.3. The topological polar surface area (TPSA) is 114 Å². The van der Waals surface area contributed by atoms with E-state index in [1.165, 1.54) is 17.7 Å².